The average molecular weight is 920 g/mol. The van der Waals surface area contributed by atoms with E-state index in [9.17, 15) is 37.6 Å². The topological polar surface area (TPSA) is 166 Å². The molecule has 6 rings (SSSR count). The van der Waals surface area contributed by atoms with Gasteiger partial charge in [-0.15, -0.1) is 0 Å². The first kappa shape index (κ1) is 48.8. The summed E-state index contributed by atoms with van der Waals surface area (Å²) in [6.07, 6.45) is -3.45. The number of rotatable bonds is 16. The van der Waals surface area contributed by atoms with Crippen molar-refractivity contribution in [3.8, 4) is 11.8 Å². The highest BCUT2D eigenvalue weighted by atomic mass is 32.1. The minimum atomic E-state index is -4.81. The molecule has 0 radical (unpaired) electrons. The second-order valence-electron chi connectivity index (χ2n) is 17.9. The van der Waals surface area contributed by atoms with Crippen molar-refractivity contribution in [3.63, 3.8) is 0 Å². The number of likely N-dealkylation sites (N-methyl/N-ethyl adjacent to an activating group) is 1. The van der Waals surface area contributed by atoms with Crippen molar-refractivity contribution in [2.24, 2.45) is 5.41 Å². The number of nitrogens with one attached hydrogen (secondary N) is 3. The number of thiocarbonyl (C=S) groups is 1. The van der Waals surface area contributed by atoms with Crippen LogP contribution in [0.25, 0.3) is 0 Å². The molecule has 2 saturated heterocycles. The minimum absolute atomic E-state index is 0.0162. The summed E-state index contributed by atoms with van der Waals surface area (Å²) in [5, 5.41) is 18.2. The van der Waals surface area contributed by atoms with Crippen molar-refractivity contribution in [1.82, 2.24) is 20.9 Å². The summed E-state index contributed by atoms with van der Waals surface area (Å²) in [4.78, 5) is 58.6. The molecule has 0 bridgehead atoms. The van der Waals surface area contributed by atoms with Crippen molar-refractivity contribution in [2.45, 2.75) is 103 Å². The van der Waals surface area contributed by atoms with E-state index in [1.165, 1.54) is 6.07 Å². The van der Waals surface area contributed by atoms with Crippen LogP contribution in [0.15, 0.2) is 66.7 Å². The summed E-state index contributed by atoms with van der Waals surface area (Å²) in [5.41, 5.74) is -1.12. The van der Waals surface area contributed by atoms with Gasteiger partial charge in [0.2, 0.25) is 17.7 Å². The quantitative estimate of drug-likeness (QED) is 0.117. The second kappa shape index (κ2) is 19.9. The molecular weight excluding hydrogens is 864 g/mol. The van der Waals surface area contributed by atoms with E-state index in [1.807, 2.05) is 45.0 Å². The molecule has 4 amide bonds. The maximum Gasteiger partial charge on any atom is 0.417 e. The molecule has 3 aliphatic rings. The van der Waals surface area contributed by atoms with E-state index in [0.717, 1.165) is 28.2 Å². The van der Waals surface area contributed by atoms with Gasteiger partial charge in [0, 0.05) is 18.7 Å². The Morgan fingerprint density at radius 3 is 2.32 bits per heavy atom. The first-order valence-corrected chi connectivity index (χ1v) is 22.0. The van der Waals surface area contributed by atoms with E-state index in [1.54, 1.807) is 68.0 Å². The molecule has 3 N–H and O–H groups in total. The Hall–Kier alpha value is -5.61. The molecular formula is C47H56F3N7O7S. The van der Waals surface area contributed by atoms with Gasteiger partial charge in [0.25, 0.3) is 5.91 Å². The number of hydrogen-bond acceptors (Lipinski definition) is 10. The van der Waals surface area contributed by atoms with Gasteiger partial charge in [0.1, 0.15) is 30.0 Å². The van der Waals surface area contributed by atoms with Gasteiger partial charge in [-0.05, 0) is 112 Å². The third-order valence-corrected chi connectivity index (χ3v) is 12.4. The molecule has 0 saturated carbocycles. The molecule has 3 aromatic rings. The number of ether oxygens (including phenoxy) is 3. The van der Waals surface area contributed by atoms with Crippen LogP contribution in [0.5, 0.6) is 5.75 Å². The van der Waals surface area contributed by atoms with Crippen LogP contribution >= 0.6 is 12.2 Å². The number of halogens is 3. The van der Waals surface area contributed by atoms with E-state index in [-0.39, 0.29) is 61.1 Å². The van der Waals surface area contributed by atoms with Crippen LogP contribution in [0.4, 0.5) is 24.5 Å². The second-order valence-corrected chi connectivity index (χ2v) is 18.3. The third-order valence-electron chi connectivity index (χ3n) is 12.1. The number of fused-ring (bicyclic) bond motifs is 1. The van der Waals surface area contributed by atoms with Crippen LogP contribution in [0.1, 0.15) is 82.7 Å². The lowest BCUT2D eigenvalue weighted by Gasteiger charge is -2.36. The van der Waals surface area contributed by atoms with Crippen molar-refractivity contribution >= 4 is 52.3 Å². The lowest BCUT2D eigenvalue weighted by atomic mass is 9.85. The van der Waals surface area contributed by atoms with Gasteiger partial charge >= 0.3 is 6.18 Å². The Kier molecular flexibility index (Phi) is 14.9. The number of carbonyl (C=O) groups excluding carboxylic acids is 4. The van der Waals surface area contributed by atoms with Gasteiger partial charge in [0.05, 0.1) is 60.9 Å². The van der Waals surface area contributed by atoms with Gasteiger partial charge in [-0.25, -0.2) is 0 Å². The van der Waals surface area contributed by atoms with Gasteiger partial charge in [-0.2, -0.15) is 18.4 Å². The summed E-state index contributed by atoms with van der Waals surface area (Å²) in [5.74, 6) is -0.882. The highest BCUT2D eigenvalue weighted by Crippen LogP contribution is 2.40. The van der Waals surface area contributed by atoms with Crippen LogP contribution in [0.3, 0.4) is 0 Å². The molecule has 1 unspecified atom stereocenters. The minimum Gasteiger partial charge on any atom is -0.491 e. The van der Waals surface area contributed by atoms with Crippen molar-refractivity contribution < 1.29 is 46.6 Å². The summed E-state index contributed by atoms with van der Waals surface area (Å²) in [6, 6.07) is 16.7. The zero-order valence-electron chi connectivity index (χ0n) is 37.6. The predicted octanol–water partition coefficient (Wildman–Crippen LogP) is 5.82. The number of benzene rings is 3. The highest BCUT2D eigenvalue weighted by molar-refractivity contribution is 7.81. The maximum absolute atomic E-state index is 14.0. The fourth-order valence-electron chi connectivity index (χ4n) is 8.38. The number of carbonyl (C=O) groups is 4. The average Bonchev–Trinajstić information content (AvgIpc) is 3.94. The highest BCUT2D eigenvalue weighted by Gasteiger charge is 2.51. The molecule has 2 aliphatic heterocycles. The number of anilines is 2. The van der Waals surface area contributed by atoms with Gasteiger partial charge in [-0.3, -0.25) is 24.1 Å². The molecule has 0 spiro atoms. The largest absolute Gasteiger partial charge is 0.491 e. The third kappa shape index (κ3) is 10.6. The molecule has 65 heavy (non-hydrogen) atoms. The SMILES string of the molecule is CN[C@@H](C)C(=O)NC(C(=O)N1CCC[C@H]1C(=O)N[C@H]1c2ccccc2C[C@H]1OCCOCCOc1ccc(N2C(=S)N(c3ccc(C#N)c(C(F)(F)F)c3)C(=O)C2(C)C)cc1)C(C)(C)C. The number of nitrogens with zero attached hydrogens (tertiary/aromatic N) is 4. The molecule has 5 atom stereocenters. The van der Waals surface area contributed by atoms with Crippen molar-refractivity contribution in [1.29, 1.82) is 5.26 Å². The molecule has 1 aliphatic carbocycles. The lowest BCUT2D eigenvalue weighted by Crippen LogP contribution is -2.59. The lowest BCUT2D eigenvalue weighted by molar-refractivity contribution is -0.144. The molecule has 18 heteroatoms. The van der Waals surface area contributed by atoms with Crippen LogP contribution in [-0.4, -0.2) is 103 Å². The normalized spacial score (nSPS) is 20.3. The fourth-order valence-corrected chi connectivity index (χ4v) is 8.90. The van der Waals surface area contributed by atoms with Gasteiger partial charge in [0.15, 0.2) is 5.11 Å². The van der Waals surface area contributed by atoms with Crippen molar-refractivity contribution in [2.75, 3.05) is 49.8 Å². The molecule has 2 fully saturated rings. The Bertz CT molecular complexity index is 2310. The van der Waals surface area contributed by atoms with E-state index in [0.29, 0.717) is 37.2 Å². The number of alkyl halides is 3. The molecule has 348 valence electrons. The van der Waals surface area contributed by atoms with E-state index < -0.39 is 58.3 Å². The number of hydrogen-bond donors (Lipinski definition) is 3. The first-order chi connectivity index (χ1) is 30.7. The van der Waals surface area contributed by atoms with Crippen LogP contribution in [-0.2, 0) is 41.2 Å². The van der Waals surface area contributed by atoms with E-state index >= 15 is 0 Å². The standard InChI is InChI=1S/C47H56F3N7O7S/c1-28(52-7)40(58)54-39(45(2,3)4)42(60)55-20-10-13-36(55)41(59)53-38-34-12-9-8-11-29(34)25-37(38)64-24-22-62-21-23-63-33-18-16-31(17-19-33)57-44(65)56(43(61)46(57,5)6)32-15-14-30(27-51)35(26-32)47(48,49)50/h8-9,11-12,14-19,26,28,36-39,52H,10,13,20-25H2,1-7H3,(H,53,59)(H,54,58)/t28-,36-,37+,38-,39?/m0/s1. The van der Waals surface area contributed by atoms with Crippen LogP contribution in [0, 0.1) is 16.7 Å². The summed E-state index contributed by atoms with van der Waals surface area (Å²) in [6.45, 7) is 12.0. The Morgan fingerprint density at radius 2 is 1.66 bits per heavy atom. The summed E-state index contributed by atoms with van der Waals surface area (Å²) >= 11 is 5.64. The predicted molar refractivity (Wildman–Crippen MR) is 241 cm³/mol. The van der Waals surface area contributed by atoms with Gasteiger partial charge < -0.3 is 40.0 Å². The Balaban J connectivity index is 0.996. The Labute approximate surface area is 382 Å². The zero-order valence-corrected chi connectivity index (χ0v) is 38.4. The zero-order chi connectivity index (χ0) is 47.4. The summed E-state index contributed by atoms with van der Waals surface area (Å²) < 4.78 is 59.2. The molecule has 3 aromatic carbocycles. The van der Waals surface area contributed by atoms with Gasteiger partial charge in [-0.1, -0.05) is 45.0 Å². The molecule has 2 heterocycles. The van der Waals surface area contributed by atoms with Crippen LogP contribution in [0.2, 0.25) is 0 Å². The van der Waals surface area contributed by atoms with E-state index in [2.05, 4.69) is 16.0 Å². The van der Waals surface area contributed by atoms with Crippen LogP contribution < -0.4 is 30.5 Å². The Morgan fingerprint density at radius 1 is 0.985 bits per heavy atom. The van der Waals surface area contributed by atoms with Crippen molar-refractivity contribution in [3.05, 3.63) is 89.0 Å². The maximum atomic E-state index is 14.0. The number of amides is 4. The molecule has 14 nitrogen and oxygen atoms in total. The van der Waals surface area contributed by atoms with E-state index in [4.69, 9.17) is 26.4 Å². The summed E-state index contributed by atoms with van der Waals surface area (Å²) in [7, 11) is 1.67. The molecule has 0 aromatic heterocycles. The first-order valence-electron chi connectivity index (χ1n) is 21.6. The number of nitriles is 1. The monoisotopic (exact) mass is 919 g/mol. The fraction of sp³-hybridized carbons (Fsp3) is 0.489. The smallest absolute Gasteiger partial charge is 0.417 e. The number of likely N-dealkylation sites (tertiary alicyclic amines) is 1.